The number of benzene rings is 2. The second-order valence-corrected chi connectivity index (χ2v) is 5.43. The molecule has 0 unspecified atom stereocenters. The molecule has 0 radical (unpaired) electrons. The third-order valence-electron chi connectivity index (χ3n) is 3.46. The molecule has 0 spiro atoms. The average molecular weight is 297 g/mol. The largest absolute Gasteiger partial charge is 0.478 e. The summed E-state index contributed by atoms with van der Waals surface area (Å²) in [6.45, 7) is 0.725. The molecule has 2 aromatic rings. The van der Waals surface area contributed by atoms with Gasteiger partial charge in [-0.15, -0.1) is 0 Å². The van der Waals surface area contributed by atoms with Crippen molar-refractivity contribution >= 4 is 11.8 Å². The molecule has 0 bridgehead atoms. The van der Waals surface area contributed by atoms with Crippen LogP contribution in [0.2, 0.25) is 0 Å². The van der Waals surface area contributed by atoms with Gasteiger partial charge in [0.1, 0.15) is 0 Å². The lowest BCUT2D eigenvalue weighted by molar-refractivity contribution is 0.0695. The van der Waals surface area contributed by atoms with E-state index >= 15 is 0 Å². The first kappa shape index (κ1) is 15.9. The zero-order valence-electron chi connectivity index (χ0n) is 12.7. The maximum atomic E-state index is 12.5. The van der Waals surface area contributed by atoms with Gasteiger partial charge in [-0.3, -0.25) is 4.79 Å². The van der Waals surface area contributed by atoms with Crippen LogP contribution >= 0.6 is 0 Å². The monoisotopic (exact) mass is 297 g/mol. The van der Waals surface area contributed by atoms with E-state index in [0.717, 1.165) is 6.54 Å². The van der Waals surface area contributed by atoms with E-state index in [1.54, 1.807) is 24.3 Å². The molecule has 0 aromatic heterocycles. The van der Waals surface area contributed by atoms with Crippen LogP contribution in [0.25, 0.3) is 0 Å². The Bertz CT molecular complexity index is 678. The highest BCUT2D eigenvalue weighted by molar-refractivity contribution is 6.09. The molecular weight excluding hydrogens is 278 g/mol. The van der Waals surface area contributed by atoms with E-state index in [0.29, 0.717) is 23.1 Å². The second-order valence-electron chi connectivity index (χ2n) is 5.43. The predicted molar refractivity (Wildman–Crippen MR) is 85.5 cm³/mol. The Morgan fingerprint density at radius 2 is 1.68 bits per heavy atom. The Morgan fingerprint density at radius 3 is 2.27 bits per heavy atom. The van der Waals surface area contributed by atoms with Crippen molar-refractivity contribution in [3.05, 3.63) is 70.8 Å². The lowest BCUT2D eigenvalue weighted by Crippen LogP contribution is -2.17. The van der Waals surface area contributed by atoms with E-state index in [1.807, 2.05) is 37.2 Å². The SMILES string of the molecule is CN(C)CCc1cc(C(=O)c2ccccc2)ccc1C(=O)O. The number of ketones is 1. The Morgan fingerprint density at radius 1 is 1.00 bits per heavy atom. The molecule has 4 heteroatoms. The maximum absolute atomic E-state index is 12.5. The van der Waals surface area contributed by atoms with Gasteiger partial charge in [-0.25, -0.2) is 4.79 Å². The van der Waals surface area contributed by atoms with Crippen molar-refractivity contribution in [2.24, 2.45) is 0 Å². The molecule has 22 heavy (non-hydrogen) atoms. The van der Waals surface area contributed by atoms with Gasteiger partial charge in [0.15, 0.2) is 5.78 Å². The molecule has 0 fully saturated rings. The minimum atomic E-state index is -0.965. The fourth-order valence-corrected chi connectivity index (χ4v) is 2.25. The maximum Gasteiger partial charge on any atom is 0.335 e. The summed E-state index contributed by atoms with van der Waals surface area (Å²) >= 11 is 0. The highest BCUT2D eigenvalue weighted by atomic mass is 16.4. The quantitative estimate of drug-likeness (QED) is 0.833. The lowest BCUT2D eigenvalue weighted by atomic mass is 9.96. The third-order valence-corrected chi connectivity index (χ3v) is 3.46. The number of likely N-dealkylation sites (N-methyl/N-ethyl adjacent to an activating group) is 1. The zero-order valence-corrected chi connectivity index (χ0v) is 12.7. The number of carboxylic acids is 1. The zero-order chi connectivity index (χ0) is 16.1. The standard InChI is InChI=1S/C18H19NO3/c1-19(2)11-10-14-12-15(8-9-16(14)18(21)22)17(20)13-6-4-3-5-7-13/h3-9,12H,10-11H2,1-2H3,(H,21,22). The van der Waals surface area contributed by atoms with Crippen molar-refractivity contribution in [1.29, 1.82) is 0 Å². The van der Waals surface area contributed by atoms with Gasteiger partial charge in [0, 0.05) is 17.7 Å². The lowest BCUT2D eigenvalue weighted by Gasteiger charge is -2.12. The van der Waals surface area contributed by atoms with E-state index in [2.05, 4.69) is 0 Å². The highest BCUT2D eigenvalue weighted by Gasteiger charge is 2.15. The van der Waals surface area contributed by atoms with Crippen LogP contribution in [-0.2, 0) is 6.42 Å². The van der Waals surface area contributed by atoms with E-state index in [4.69, 9.17) is 0 Å². The smallest absolute Gasteiger partial charge is 0.335 e. The van der Waals surface area contributed by atoms with Crippen LogP contribution < -0.4 is 0 Å². The number of hydrogen-bond acceptors (Lipinski definition) is 3. The number of carbonyl (C=O) groups excluding carboxylic acids is 1. The van der Waals surface area contributed by atoms with E-state index in [-0.39, 0.29) is 11.3 Å². The highest BCUT2D eigenvalue weighted by Crippen LogP contribution is 2.17. The molecule has 1 N–H and O–H groups in total. The molecule has 0 saturated heterocycles. The van der Waals surface area contributed by atoms with Crippen molar-refractivity contribution in [2.45, 2.75) is 6.42 Å². The number of aromatic carboxylic acids is 1. The Balaban J connectivity index is 2.35. The first-order valence-electron chi connectivity index (χ1n) is 7.09. The number of rotatable bonds is 6. The summed E-state index contributed by atoms with van der Waals surface area (Å²) in [6, 6.07) is 13.8. The Kier molecular flexibility index (Phi) is 5.07. The molecule has 0 atom stereocenters. The van der Waals surface area contributed by atoms with Crippen LogP contribution in [-0.4, -0.2) is 42.4 Å². The number of carboxylic acid groups (broad SMARTS) is 1. The van der Waals surface area contributed by atoms with Crippen molar-refractivity contribution in [3.63, 3.8) is 0 Å². The van der Waals surface area contributed by atoms with E-state index in [1.165, 1.54) is 6.07 Å². The topological polar surface area (TPSA) is 57.6 Å². The molecule has 0 amide bonds. The average Bonchev–Trinajstić information content (AvgIpc) is 2.52. The normalized spacial score (nSPS) is 10.7. The Labute approximate surface area is 130 Å². The molecule has 0 heterocycles. The molecular formula is C18H19NO3. The summed E-state index contributed by atoms with van der Waals surface area (Å²) in [6.07, 6.45) is 0.588. The summed E-state index contributed by atoms with van der Waals surface area (Å²) in [4.78, 5) is 25.8. The van der Waals surface area contributed by atoms with Gasteiger partial charge in [-0.05, 0) is 38.2 Å². The molecule has 0 saturated carbocycles. The second kappa shape index (κ2) is 7.00. The summed E-state index contributed by atoms with van der Waals surface area (Å²) in [5.74, 6) is -1.06. The number of nitrogens with zero attached hydrogens (tertiary/aromatic N) is 1. The van der Waals surface area contributed by atoms with Crippen LogP contribution in [0.3, 0.4) is 0 Å². The van der Waals surface area contributed by atoms with Gasteiger partial charge in [-0.2, -0.15) is 0 Å². The molecule has 2 rings (SSSR count). The van der Waals surface area contributed by atoms with Gasteiger partial charge in [-0.1, -0.05) is 36.4 Å². The fraction of sp³-hybridized carbons (Fsp3) is 0.222. The molecule has 4 nitrogen and oxygen atoms in total. The third kappa shape index (κ3) is 3.80. The van der Waals surface area contributed by atoms with Crippen LogP contribution in [0.5, 0.6) is 0 Å². The molecule has 0 aliphatic rings. The first-order chi connectivity index (χ1) is 10.5. The van der Waals surface area contributed by atoms with Crippen LogP contribution in [0, 0.1) is 0 Å². The first-order valence-corrected chi connectivity index (χ1v) is 7.09. The fourth-order valence-electron chi connectivity index (χ4n) is 2.25. The van der Waals surface area contributed by atoms with Crippen LogP contribution in [0.1, 0.15) is 31.8 Å². The predicted octanol–water partition coefficient (Wildman–Crippen LogP) is 2.72. The van der Waals surface area contributed by atoms with Crippen molar-refractivity contribution < 1.29 is 14.7 Å². The van der Waals surface area contributed by atoms with Crippen molar-refractivity contribution in [3.8, 4) is 0 Å². The van der Waals surface area contributed by atoms with Crippen LogP contribution in [0.4, 0.5) is 0 Å². The van der Waals surface area contributed by atoms with Gasteiger partial charge in [0.05, 0.1) is 5.56 Å². The van der Waals surface area contributed by atoms with E-state index in [9.17, 15) is 14.7 Å². The number of carbonyl (C=O) groups is 2. The summed E-state index contributed by atoms with van der Waals surface area (Å²) in [5.41, 5.74) is 2.06. The Hall–Kier alpha value is -2.46. The molecule has 114 valence electrons. The van der Waals surface area contributed by atoms with Gasteiger partial charge in [0.2, 0.25) is 0 Å². The minimum Gasteiger partial charge on any atom is -0.478 e. The van der Waals surface area contributed by atoms with Crippen LogP contribution in [0.15, 0.2) is 48.5 Å². The molecule has 0 aliphatic heterocycles. The van der Waals surface area contributed by atoms with Crippen molar-refractivity contribution in [1.82, 2.24) is 4.90 Å². The van der Waals surface area contributed by atoms with Gasteiger partial charge >= 0.3 is 5.97 Å². The summed E-state index contributed by atoms with van der Waals surface area (Å²) in [7, 11) is 3.86. The molecule has 0 aliphatic carbocycles. The molecule has 2 aromatic carbocycles. The van der Waals surface area contributed by atoms with E-state index < -0.39 is 5.97 Å². The minimum absolute atomic E-state index is 0.0939. The summed E-state index contributed by atoms with van der Waals surface area (Å²) in [5, 5.41) is 9.28. The van der Waals surface area contributed by atoms with Gasteiger partial charge in [0.25, 0.3) is 0 Å². The summed E-state index contributed by atoms with van der Waals surface area (Å²) < 4.78 is 0. The number of hydrogen-bond donors (Lipinski definition) is 1. The van der Waals surface area contributed by atoms with Gasteiger partial charge < -0.3 is 10.0 Å². The van der Waals surface area contributed by atoms with Crippen molar-refractivity contribution in [2.75, 3.05) is 20.6 Å².